The number of hydrogen-bond donors (Lipinski definition) is 1. The Kier molecular flexibility index (Phi) is 9.38. The predicted molar refractivity (Wildman–Crippen MR) is 95.0 cm³/mol. The van der Waals surface area contributed by atoms with Gasteiger partial charge in [-0.1, -0.05) is 87.4 Å². The van der Waals surface area contributed by atoms with Crippen LogP contribution in [-0.4, -0.2) is 5.54 Å². The molecule has 2 heteroatoms. The Hall–Kier alpha value is 0.390. The van der Waals surface area contributed by atoms with Gasteiger partial charge >= 0.3 is 0 Å². The molecule has 1 aliphatic rings. The van der Waals surface area contributed by atoms with Crippen LogP contribution >= 0.6 is 9.39 Å². The highest BCUT2D eigenvalue weighted by atomic mass is 31.0. The van der Waals surface area contributed by atoms with E-state index in [9.17, 15) is 0 Å². The van der Waals surface area contributed by atoms with Gasteiger partial charge < -0.3 is 0 Å². The van der Waals surface area contributed by atoms with E-state index in [0.717, 1.165) is 11.8 Å². The Morgan fingerprint density at radius 3 is 2.10 bits per heavy atom. The van der Waals surface area contributed by atoms with E-state index in [1.165, 1.54) is 77.0 Å². The number of nitrogens with one attached hydrogen (secondary N) is 1. The average Bonchev–Trinajstić information content (AvgIpc) is 2.45. The maximum absolute atomic E-state index is 3.50. The largest absolute Gasteiger partial charge is 0.295 e. The van der Waals surface area contributed by atoms with E-state index in [1.807, 2.05) is 0 Å². The summed E-state index contributed by atoms with van der Waals surface area (Å²) in [6.45, 7) is 7.29. The molecule has 0 heterocycles. The normalized spacial score (nSPS) is 35.4. The lowest BCUT2D eigenvalue weighted by Gasteiger charge is -2.30. The first kappa shape index (κ1) is 18.4. The number of hydrogen-bond acceptors (Lipinski definition) is 1. The smallest absolute Gasteiger partial charge is 0.0185 e. The summed E-state index contributed by atoms with van der Waals surface area (Å²) in [5, 5.41) is 3.50. The van der Waals surface area contributed by atoms with Crippen LogP contribution in [0, 0.1) is 11.8 Å². The lowest BCUT2D eigenvalue weighted by Crippen LogP contribution is -2.35. The van der Waals surface area contributed by atoms with Gasteiger partial charge in [-0.3, -0.25) is 5.09 Å². The fourth-order valence-corrected chi connectivity index (χ4v) is 4.12. The SMILES string of the molecule is CCC1CCCCCC(C)(NP)CCCCCC[C@@H]1C. The lowest BCUT2D eigenvalue weighted by molar-refractivity contribution is 0.279. The minimum atomic E-state index is 0.353. The fraction of sp³-hybridized carbons (Fsp3) is 1.00. The van der Waals surface area contributed by atoms with Gasteiger partial charge in [0.05, 0.1) is 0 Å². The standard InChI is InChI=1S/C18H38NP/c1-4-17-13-9-7-11-15-18(3,19-20)14-10-6-5-8-12-16(17)2/h16-17,19H,4-15,20H2,1-3H3/t16-,17?,18?/m0/s1. The van der Waals surface area contributed by atoms with E-state index < -0.39 is 0 Å². The molecule has 0 aromatic carbocycles. The molecule has 120 valence electrons. The second-order valence-corrected chi connectivity index (χ2v) is 7.69. The molecule has 0 aromatic heterocycles. The first-order valence-corrected chi connectivity index (χ1v) is 9.67. The van der Waals surface area contributed by atoms with Crippen molar-refractivity contribution in [3.05, 3.63) is 0 Å². The summed E-state index contributed by atoms with van der Waals surface area (Å²) in [6.07, 6.45) is 16.9. The summed E-state index contributed by atoms with van der Waals surface area (Å²) >= 11 is 0. The van der Waals surface area contributed by atoms with Crippen molar-refractivity contribution >= 4 is 9.39 Å². The van der Waals surface area contributed by atoms with Crippen molar-refractivity contribution in [2.24, 2.45) is 11.8 Å². The van der Waals surface area contributed by atoms with E-state index in [2.05, 4.69) is 35.2 Å². The second kappa shape index (κ2) is 10.2. The van der Waals surface area contributed by atoms with Gasteiger partial charge in [0.25, 0.3) is 0 Å². The zero-order valence-electron chi connectivity index (χ0n) is 14.2. The maximum atomic E-state index is 3.50. The van der Waals surface area contributed by atoms with Crippen LogP contribution in [0.4, 0.5) is 0 Å². The zero-order chi connectivity index (χ0) is 14.8. The van der Waals surface area contributed by atoms with Crippen LogP contribution < -0.4 is 5.09 Å². The predicted octanol–water partition coefficient (Wildman–Crippen LogP) is 6.09. The molecule has 0 aromatic rings. The van der Waals surface area contributed by atoms with Gasteiger partial charge in [-0.05, 0) is 31.6 Å². The van der Waals surface area contributed by atoms with Gasteiger partial charge in [0.15, 0.2) is 0 Å². The van der Waals surface area contributed by atoms with Crippen LogP contribution in [-0.2, 0) is 0 Å². The van der Waals surface area contributed by atoms with Gasteiger partial charge in [-0.25, -0.2) is 0 Å². The first-order chi connectivity index (χ1) is 9.61. The Balaban J connectivity index is 2.47. The van der Waals surface area contributed by atoms with Gasteiger partial charge in [0.1, 0.15) is 0 Å². The summed E-state index contributed by atoms with van der Waals surface area (Å²) in [5.41, 5.74) is 0.353. The van der Waals surface area contributed by atoms with Crippen LogP contribution in [0.3, 0.4) is 0 Å². The molecule has 0 amide bonds. The summed E-state index contributed by atoms with van der Waals surface area (Å²) in [7, 11) is 2.76. The second-order valence-electron chi connectivity index (χ2n) is 7.40. The van der Waals surface area contributed by atoms with Crippen molar-refractivity contribution < 1.29 is 0 Å². The van der Waals surface area contributed by atoms with E-state index in [1.54, 1.807) is 0 Å². The Morgan fingerprint density at radius 1 is 0.950 bits per heavy atom. The quantitative estimate of drug-likeness (QED) is 0.608. The van der Waals surface area contributed by atoms with Gasteiger partial charge in [-0.15, -0.1) is 0 Å². The molecular formula is C18H38NP. The molecule has 4 atom stereocenters. The van der Waals surface area contributed by atoms with Crippen LogP contribution in [0.5, 0.6) is 0 Å². The minimum Gasteiger partial charge on any atom is -0.295 e. The fourth-order valence-electron chi connectivity index (χ4n) is 3.83. The van der Waals surface area contributed by atoms with Gasteiger partial charge in [-0.2, -0.15) is 0 Å². The molecule has 0 aliphatic heterocycles. The van der Waals surface area contributed by atoms with E-state index in [-0.39, 0.29) is 0 Å². The summed E-state index contributed by atoms with van der Waals surface area (Å²) in [4.78, 5) is 0. The third-order valence-electron chi connectivity index (χ3n) is 5.62. The minimum absolute atomic E-state index is 0.353. The van der Waals surface area contributed by atoms with Crippen molar-refractivity contribution in [1.29, 1.82) is 0 Å². The molecule has 1 saturated carbocycles. The Bertz CT molecular complexity index is 244. The topological polar surface area (TPSA) is 12.0 Å². The highest BCUT2D eigenvalue weighted by molar-refractivity contribution is 7.13. The van der Waals surface area contributed by atoms with Crippen LogP contribution in [0.1, 0.15) is 97.8 Å². The number of rotatable bonds is 2. The third-order valence-corrected chi connectivity index (χ3v) is 6.32. The van der Waals surface area contributed by atoms with E-state index >= 15 is 0 Å². The molecule has 20 heavy (non-hydrogen) atoms. The summed E-state index contributed by atoms with van der Waals surface area (Å²) in [5.74, 6) is 1.92. The molecule has 0 saturated heterocycles. The summed E-state index contributed by atoms with van der Waals surface area (Å²) in [6, 6.07) is 0. The molecule has 3 unspecified atom stereocenters. The molecule has 0 radical (unpaired) electrons. The molecule has 1 nitrogen and oxygen atoms in total. The van der Waals surface area contributed by atoms with Crippen LogP contribution in [0.25, 0.3) is 0 Å². The molecule has 1 fully saturated rings. The first-order valence-electron chi connectivity index (χ1n) is 9.09. The Morgan fingerprint density at radius 2 is 1.50 bits per heavy atom. The van der Waals surface area contributed by atoms with E-state index in [4.69, 9.17) is 0 Å². The van der Waals surface area contributed by atoms with E-state index in [0.29, 0.717) is 5.54 Å². The molecular weight excluding hydrogens is 261 g/mol. The highest BCUT2D eigenvalue weighted by Crippen LogP contribution is 2.29. The van der Waals surface area contributed by atoms with Crippen LogP contribution in [0.2, 0.25) is 0 Å². The molecule has 1 N–H and O–H groups in total. The van der Waals surface area contributed by atoms with Crippen molar-refractivity contribution in [3.8, 4) is 0 Å². The maximum Gasteiger partial charge on any atom is 0.0185 e. The van der Waals surface area contributed by atoms with Gasteiger partial charge in [0.2, 0.25) is 0 Å². The van der Waals surface area contributed by atoms with Crippen molar-refractivity contribution in [3.63, 3.8) is 0 Å². The molecule has 1 rings (SSSR count). The average molecular weight is 299 g/mol. The van der Waals surface area contributed by atoms with Crippen molar-refractivity contribution in [2.45, 2.75) is 103 Å². The molecule has 1 aliphatic carbocycles. The highest BCUT2D eigenvalue weighted by Gasteiger charge is 2.21. The Labute approximate surface area is 130 Å². The molecule has 0 spiro atoms. The lowest BCUT2D eigenvalue weighted by atomic mass is 9.82. The zero-order valence-corrected chi connectivity index (χ0v) is 15.4. The van der Waals surface area contributed by atoms with Crippen LogP contribution in [0.15, 0.2) is 0 Å². The monoisotopic (exact) mass is 299 g/mol. The van der Waals surface area contributed by atoms with Gasteiger partial charge in [0, 0.05) is 5.54 Å². The summed E-state index contributed by atoms with van der Waals surface area (Å²) < 4.78 is 0. The van der Waals surface area contributed by atoms with Crippen molar-refractivity contribution in [2.75, 3.05) is 0 Å². The molecule has 0 bridgehead atoms. The third kappa shape index (κ3) is 6.90. The van der Waals surface area contributed by atoms with Crippen molar-refractivity contribution in [1.82, 2.24) is 5.09 Å².